The molecule has 0 aliphatic heterocycles. The molecule has 92 valence electrons. The molecule has 1 aliphatic rings. The Morgan fingerprint density at radius 3 is 2.50 bits per heavy atom. The smallest absolute Gasteiger partial charge is 0.311 e. The van der Waals surface area contributed by atoms with Crippen LogP contribution in [-0.4, -0.2) is 28.6 Å². The molecule has 2 unspecified atom stereocenters. The summed E-state index contributed by atoms with van der Waals surface area (Å²) >= 11 is 0. The summed E-state index contributed by atoms with van der Waals surface area (Å²) < 4.78 is 0. The molecule has 0 aromatic rings. The molecule has 2 atom stereocenters. The molecule has 0 heterocycles. The quantitative estimate of drug-likeness (QED) is 0.655. The van der Waals surface area contributed by atoms with Crippen molar-refractivity contribution in [2.45, 2.75) is 51.6 Å². The number of hydrogen-bond acceptors (Lipinski definition) is 3. The third-order valence-corrected chi connectivity index (χ3v) is 3.34. The van der Waals surface area contributed by atoms with Crippen LogP contribution in [0.3, 0.4) is 0 Å². The third-order valence-electron chi connectivity index (χ3n) is 3.34. The molecule has 0 saturated heterocycles. The van der Waals surface area contributed by atoms with Crippen LogP contribution >= 0.6 is 0 Å². The monoisotopic (exact) mass is 228 g/mol. The van der Waals surface area contributed by atoms with Gasteiger partial charge in [-0.1, -0.05) is 6.42 Å². The van der Waals surface area contributed by atoms with Crippen molar-refractivity contribution >= 4 is 11.9 Å². The molecular weight excluding hydrogens is 208 g/mol. The molecule has 1 fully saturated rings. The van der Waals surface area contributed by atoms with E-state index in [0.717, 1.165) is 6.42 Å². The van der Waals surface area contributed by atoms with Crippen LogP contribution in [0.5, 0.6) is 0 Å². The molecule has 16 heavy (non-hydrogen) atoms. The van der Waals surface area contributed by atoms with E-state index in [1.54, 1.807) is 20.8 Å². The predicted octanol–water partition coefficient (Wildman–Crippen LogP) is 0.483. The summed E-state index contributed by atoms with van der Waals surface area (Å²) in [4.78, 5) is 22.9. The van der Waals surface area contributed by atoms with E-state index in [1.165, 1.54) is 0 Å². The second kappa shape index (κ2) is 4.05. The number of aliphatic carboxylic acids is 1. The maximum Gasteiger partial charge on any atom is 0.311 e. The normalized spacial score (nSPS) is 30.1. The van der Waals surface area contributed by atoms with E-state index in [1.807, 2.05) is 0 Å². The summed E-state index contributed by atoms with van der Waals surface area (Å²) in [5.74, 6) is -1.16. The van der Waals surface area contributed by atoms with Gasteiger partial charge in [0.1, 0.15) is 0 Å². The number of carbonyl (C=O) groups is 2. The van der Waals surface area contributed by atoms with Crippen LogP contribution in [0.2, 0.25) is 0 Å². The van der Waals surface area contributed by atoms with Gasteiger partial charge in [-0.2, -0.15) is 0 Å². The lowest BCUT2D eigenvalue weighted by Crippen LogP contribution is -2.55. The van der Waals surface area contributed by atoms with Crippen molar-refractivity contribution in [3.8, 4) is 0 Å². The van der Waals surface area contributed by atoms with E-state index >= 15 is 0 Å². The molecular formula is C11H20N2O3. The minimum atomic E-state index is -0.970. The SMILES string of the molecule is CC(C)(N)C(=O)NC1CCCC1(C)C(=O)O. The number of hydrogen-bond donors (Lipinski definition) is 3. The molecule has 0 spiro atoms. The Labute approximate surface area is 95.4 Å². The molecule has 5 nitrogen and oxygen atoms in total. The predicted molar refractivity (Wildman–Crippen MR) is 59.8 cm³/mol. The van der Waals surface area contributed by atoms with Gasteiger partial charge >= 0.3 is 5.97 Å². The van der Waals surface area contributed by atoms with Crippen molar-refractivity contribution in [3.05, 3.63) is 0 Å². The molecule has 1 rings (SSSR count). The molecule has 0 radical (unpaired) electrons. The minimum Gasteiger partial charge on any atom is -0.481 e. The first kappa shape index (κ1) is 13.0. The lowest BCUT2D eigenvalue weighted by Gasteiger charge is -2.30. The Kier molecular flexibility index (Phi) is 3.28. The van der Waals surface area contributed by atoms with Crippen molar-refractivity contribution in [2.24, 2.45) is 11.1 Å². The van der Waals surface area contributed by atoms with Crippen LogP contribution in [0.4, 0.5) is 0 Å². The highest BCUT2D eigenvalue weighted by Crippen LogP contribution is 2.38. The first-order valence-corrected chi connectivity index (χ1v) is 5.51. The first-order valence-electron chi connectivity index (χ1n) is 5.51. The van der Waals surface area contributed by atoms with Gasteiger partial charge in [0.2, 0.25) is 5.91 Å². The van der Waals surface area contributed by atoms with Crippen molar-refractivity contribution in [3.63, 3.8) is 0 Å². The number of carbonyl (C=O) groups excluding carboxylic acids is 1. The average Bonchev–Trinajstić information content (AvgIpc) is 2.47. The van der Waals surface area contributed by atoms with Crippen LogP contribution in [0.15, 0.2) is 0 Å². The Morgan fingerprint density at radius 1 is 1.50 bits per heavy atom. The van der Waals surface area contributed by atoms with Crippen LogP contribution in [0.1, 0.15) is 40.0 Å². The topological polar surface area (TPSA) is 92.4 Å². The zero-order valence-electron chi connectivity index (χ0n) is 10.0. The number of carboxylic acids is 1. The minimum absolute atomic E-state index is 0.299. The van der Waals surface area contributed by atoms with Gasteiger partial charge < -0.3 is 16.2 Å². The van der Waals surface area contributed by atoms with E-state index in [-0.39, 0.29) is 11.9 Å². The van der Waals surface area contributed by atoms with E-state index in [4.69, 9.17) is 5.73 Å². The fourth-order valence-corrected chi connectivity index (χ4v) is 2.00. The molecule has 4 N–H and O–H groups in total. The van der Waals surface area contributed by atoms with Gasteiger partial charge in [0.05, 0.1) is 11.0 Å². The highest BCUT2D eigenvalue weighted by atomic mass is 16.4. The largest absolute Gasteiger partial charge is 0.481 e. The third kappa shape index (κ3) is 2.35. The number of carboxylic acid groups (broad SMARTS) is 1. The summed E-state index contributed by atoms with van der Waals surface area (Å²) in [6, 6.07) is -0.319. The second-order valence-corrected chi connectivity index (χ2v) is 5.36. The summed E-state index contributed by atoms with van der Waals surface area (Å²) in [5.41, 5.74) is 3.83. The summed E-state index contributed by atoms with van der Waals surface area (Å²) in [6.45, 7) is 4.89. The molecule has 5 heteroatoms. The first-order chi connectivity index (χ1) is 7.18. The van der Waals surface area contributed by atoms with Gasteiger partial charge in [-0.3, -0.25) is 9.59 Å². The lowest BCUT2D eigenvalue weighted by atomic mass is 9.84. The molecule has 0 bridgehead atoms. The van der Waals surface area contributed by atoms with Gasteiger partial charge in [-0.15, -0.1) is 0 Å². The molecule has 1 amide bonds. The van der Waals surface area contributed by atoms with Gasteiger partial charge in [0.15, 0.2) is 0 Å². The molecule has 1 aliphatic carbocycles. The Morgan fingerprint density at radius 2 is 2.06 bits per heavy atom. The van der Waals surface area contributed by atoms with Crippen molar-refractivity contribution in [1.29, 1.82) is 0 Å². The zero-order chi connectivity index (χ0) is 12.6. The van der Waals surface area contributed by atoms with Crippen molar-refractivity contribution < 1.29 is 14.7 Å². The number of rotatable bonds is 3. The average molecular weight is 228 g/mol. The molecule has 1 saturated carbocycles. The second-order valence-electron chi connectivity index (χ2n) is 5.36. The lowest BCUT2D eigenvalue weighted by molar-refractivity contribution is -0.149. The van der Waals surface area contributed by atoms with E-state index in [2.05, 4.69) is 5.32 Å². The molecule has 0 aromatic carbocycles. The van der Waals surface area contributed by atoms with Crippen LogP contribution in [0.25, 0.3) is 0 Å². The Bertz CT molecular complexity index is 309. The summed E-state index contributed by atoms with van der Waals surface area (Å²) in [6.07, 6.45) is 2.11. The van der Waals surface area contributed by atoms with Gasteiger partial charge in [-0.05, 0) is 33.6 Å². The number of amides is 1. The van der Waals surface area contributed by atoms with Crippen LogP contribution < -0.4 is 11.1 Å². The van der Waals surface area contributed by atoms with E-state index in [9.17, 15) is 14.7 Å². The van der Waals surface area contributed by atoms with Crippen molar-refractivity contribution in [2.75, 3.05) is 0 Å². The fourth-order valence-electron chi connectivity index (χ4n) is 2.00. The number of nitrogens with two attached hydrogens (primary N) is 1. The maximum atomic E-state index is 11.7. The Balaban J connectivity index is 2.75. The maximum absolute atomic E-state index is 11.7. The van der Waals surface area contributed by atoms with E-state index < -0.39 is 16.9 Å². The van der Waals surface area contributed by atoms with Gasteiger partial charge in [-0.25, -0.2) is 0 Å². The standard InChI is InChI=1S/C11H20N2O3/c1-10(2,12)8(14)13-7-5-4-6-11(7,3)9(15)16/h7H,4-6,12H2,1-3H3,(H,13,14)(H,15,16). The Hall–Kier alpha value is -1.10. The number of nitrogens with one attached hydrogen (secondary N) is 1. The summed E-state index contributed by atoms with van der Waals surface area (Å²) in [7, 11) is 0. The van der Waals surface area contributed by atoms with Gasteiger partial charge in [0, 0.05) is 6.04 Å². The van der Waals surface area contributed by atoms with Gasteiger partial charge in [0.25, 0.3) is 0 Å². The van der Waals surface area contributed by atoms with E-state index in [0.29, 0.717) is 12.8 Å². The zero-order valence-corrected chi connectivity index (χ0v) is 10.0. The highest BCUT2D eigenvalue weighted by Gasteiger charge is 2.46. The van der Waals surface area contributed by atoms with Crippen molar-refractivity contribution in [1.82, 2.24) is 5.32 Å². The van der Waals surface area contributed by atoms with Crippen LogP contribution in [0, 0.1) is 5.41 Å². The molecule has 0 aromatic heterocycles. The highest BCUT2D eigenvalue weighted by molar-refractivity contribution is 5.86. The fraction of sp³-hybridized carbons (Fsp3) is 0.818. The summed E-state index contributed by atoms with van der Waals surface area (Å²) in [5, 5.41) is 11.9. The van der Waals surface area contributed by atoms with Crippen LogP contribution in [-0.2, 0) is 9.59 Å².